The van der Waals surface area contributed by atoms with Crippen molar-refractivity contribution in [1.29, 1.82) is 0 Å². The standard InChI is InChI=1S/C15H18BF3N2O3/c1-13(2)14(3,4)24-16(23-13)9-6-11(22-5)12-10(15(17,18)19)7-20-21(12)8-9/h6-8H,1-5H3. The van der Waals surface area contributed by atoms with E-state index in [1.165, 1.54) is 19.4 Å². The van der Waals surface area contributed by atoms with Gasteiger partial charge in [0.1, 0.15) is 16.8 Å². The number of pyridine rings is 1. The Morgan fingerprint density at radius 2 is 1.75 bits per heavy atom. The topological polar surface area (TPSA) is 45.0 Å². The smallest absolute Gasteiger partial charge is 0.494 e. The molecule has 1 fully saturated rings. The molecule has 1 saturated heterocycles. The molecule has 0 saturated carbocycles. The Balaban J connectivity index is 2.10. The van der Waals surface area contributed by atoms with Crippen molar-refractivity contribution >= 4 is 18.1 Å². The zero-order valence-corrected chi connectivity index (χ0v) is 14.1. The van der Waals surface area contributed by atoms with Gasteiger partial charge in [-0.05, 0) is 33.8 Å². The summed E-state index contributed by atoms with van der Waals surface area (Å²) in [6.45, 7) is 7.60. The van der Waals surface area contributed by atoms with Crippen LogP contribution in [0.5, 0.6) is 5.75 Å². The molecule has 5 nitrogen and oxygen atoms in total. The van der Waals surface area contributed by atoms with E-state index < -0.39 is 30.1 Å². The van der Waals surface area contributed by atoms with E-state index in [0.29, 0.717) is 5.46 Å². The summed E-state index contributed by atoms with van der Waals surface area (Å²) in [5.74, 6) is 0.0621. The lowest BCUT2D eigenvalue weighted by Gasteiger charge is -2.32. The summed E-state index contributed by atoms with van der Waals surface area (Å²) in [5, 5.41) is 3.80. The molecule has 24 heavy (non-hydrogen) atoms. The minimum atomic E-state index is -4.51. The first kappa shape index (κ1) is 17.1. The van der Waals surface area contributed by atoms with Gasteiger partial charge in [-0.25, -0.2) is 4.52 Å². The van der Waals surface area contributed by atoms with Crippen LogP contribution in [0.25, 0.3) is 5.52 Å². The van der Waals surface area contributed by atoms with Crippen LogP contribution in [0.2, 0.25) is 0 Å². The molecule has 3 heterocycles. The van der Waals surface area contributed by atoms with Crippen LogP contribution in [0.4, 0.5) is 13.2 Å². The maximum Gasteiger partial charge on any atom is 0.496 e. The lowest BCUT2D eigenvalue weighted by Crippen LogP contribution is -2.41. The molecule has 0 bridgehead atoms. The maximum absolute atomic E-state index is 13.1. The van der Waals surface area contributed by atoms with Gasteiger partial charge >= 0.3 is 13.3 Å². The number of ether oxygens (including phenoxy) is 1. The molecule has 0 aromatic carbocycles. The van der Waals surface area contributed by atoms with Gasteiger partial charge in [0, 0.05) is 11.7 Å². The molecule has 3 rings (SSSR count). The van der Waals surface area contributed by atoms with Gasteiger partial charge in [-0.1, -0.05) is 0 Å². The predicted octanol–water partition coefficient (Wildman–Crippen LogP) is 2.66. The Labute approximate surface area is 137 Å². The zero-order chi connectivity index (χ0) is 17.9. The Morgan fingerprint density at radius 3 is 2.25 bits per heavy atom. The molecule has 0 aliphatic carbocycles. The first-order valence-corrected chi connectivity index (χ1v) is 7.44. The molecule has 9 heteroatoms. The minimum Gasteiger partial charge on any atom is -0.494 e. The SMILES string of the molecule is COc1cc(B2OC(C)(C)C(C)(C)O2)cn2ncc(C(F)(F)F)c12. The van der Waals surface area contributed by atoms with Crippen LogP contribution in [-0.4, -0.2) is 35.0 Å². The van der Waals surface area contributed by atoms with E-state index in [9.17, 15) is 13.2 Å². The first-order chi connectivity index (χ1) is 11.0. The molecule has 1 aliphatic rings. The molecule has 0 N–H and O–H groups in total. The average Bonchev–Trinajstić information content (AvgIpc) is 2.96. The molecule has 0 spiro atoms. The lowest BCUT2D eigenvalue weighted by atomic mass is 9.80. The van der Waals surface area contributed by atoms with Crippen LogP contribution >= 0.6 is 0 Å². The normalized spacial score (nSPS) is 19.9. The number of methoxy groups -OCH3 is 1. The third-order valence-electron chi connectivity index (χ3n) is 4.65. The number of hydrogen-bond donors (Lipinski definition) is 0. The fraction of sp³-hybridized carbons (Fsp3) is 0.533. The van der Waals surface area contributed by atoms with E-state index in [4.69, 9.17) is 14.0 Å². The molecule has 2 aromatic rings. The summed E-state index contributed by atoms with van der Waals surface area (Å²) in [4.78, 5) is 0. The summed E-state index contributed by atoms with van der Waals surface area (Å²) in [5.41, 5.74) is -1.55. The largest absolute Gasteiger partial charge is 0.496 e. The van der Waals surface area contributed by atoms with Crippen molar-refractivity contribution in [3.63, 3.8) is 0 Å². The van der Waals surface area contributed by atoms with Crippen LogP contribution < -0.4 is 10.2 Å². The summed E-state index contributed by atoms with van der Waals surface area (Å²) in [7, 11) is 0.600. The Morgan fingerprint density at radius 1 is 1.17 bits per heavy atom. The van der Waals surface area contributed by atoms with E-state index in [1.54, 1.807) is 0 Å². The van der Waals surface area contributed by atoms with Gasteiger partial charge in [0.15, 0.2) is 0 Å². The minimum absolute atomic E-state index is 0.0621. The maximum atomic E-state index is 13.1. The lowest BCUT2D eigenvalue weighted by molar-refractivity contribution is -0.136. The average molecular weight is 342 g/mol. The number of nitrogens with zero attached hydrogens (tertiary/aromatic N) is 2. The number of halogens is 3. The number of rotatable bonds is 2. The van der Waals surface area contributed by atoms with Gasteiger partial charge in [-0.15, -0.1) is 0 Å². The molecular weight excluding hydrogens is 324 g/mol. The summed E-state index contributed by atoms with van der Waals surface area (Å²) >= 11 is 0. The van der Waals surface area contributed by atoms with E-state index in [1.807, 2.05) is 27.7 Å². The van der Waals surface area contributed by atoms with Gasteiger partial charge in [-0.2, -0.15) is 18.3 Å². The van der Waals surface area contributed by atoms with E-state index in [2.05, 4.69) is 5.10 Å². The molecule has 130 valence electrons. The summed E-state index contributed by atoms with van der Waals surface area (Å²) in [6, 6.07) is 1.49. The Hall–Kier alpha value is -1.74. The van der Waals surface area contributed by atoms with E-state index >= 15 is 0 Å². The quantitative estimate of drug-likeness (QED) is 0.788. The highest BCUT2D eigenvalue weighted by atomic mass is 19.4. The van der Waals surface area contributed by atoms with Gasteiger partial charge < -0.3 is 14.0 Å². The van der Waals surface area contributed by atoms with Crippen molar-refractivity contribution < 1.29 is 27.2 Å². The van der Waals surface area contributed by atoms with Crippen LogP contribution in [0.1, 0.15) is 33.3 Å². The van der Waals surface area contributed by atoms with Crippen molar-refractivity contribution in [1.82, 2.24) is 9.61 Å². The van der Waals surface area contributed by atoms with E-state index in [0.717, 1.165) is 10.7 Å². The third-order valence-corrected chi connectivity index (χ3v) is 4.65. The fourth-order valence-electron chi connectivity index (χ4n) is 2.58. The van der Waals surface area contributed by atoms with Crippen molar-refractivity contribution in [3.05, 3.63) is 24.0 Å². The fourth-order valence-corrected chi connectivity index (χ4v) is 2.58. The Kier molecular flexibility index (Phi) is 3.65. The second kappa shape index (κ2) is 5.13. The second-order valence-corrected chi connectivity index (χ2v) is 6.78. The number of aromatic nitrogens is 2. The second-order valence-electron chi connectivity index (χ2n) is 6.78. The molecule has 1 aliphatic heterocycles. The molecule has 0 radical (unpaired) electrons. The highest BCUT2D eigenvalue weighted by molar-refractivity contribution is 6.62. The van der Waals surface area contributed by atoms with Gasteiger partial charge in [0.05, 0.1) is 24.5 Å². The molecule has 0 amide bonds. The third kappa shape index (κ3) is 2.55. The Bertz CT molecular complexity index is 770. The van der Waals surface area contributed by atoms with Gasteiger partial charge in [-0.3, -0.25) is 0 Å². The van der Waals surface area contributed by atoms with Crippen molar-refractivity contribution in [2.75, 3.05) is 7.11 Å². The summed E-state index contributed by atoms with van der Waals surface area (Å²) in [6.07, 6.45) is -2.26. The van der Waals surface area contributed by atoms with Crippen molar-refractivity contribution in [3.8, 4) is 5.75 Å². The summed E-state index contributed by atoms with van der Waals surface area (Å²) < 4.78 is 57.5. The van der Waals surface area contributed by atoms with Crippen LogP contribution in [-0.2, 0) is 15.5 Å². The van der Waals surface area contributed by atoms with Crippen LogP contribution in [0.3, 0.4) is 0 Å². The zero-order valence-electron chi connectivity index (χ0n) is 14.1. The highest BCUT2D eigenvalue weighted by Crippen LogP contribution is 2.38. The predicted molar refractivity (Wildman–Crippen MR) is 82.5 cm³/mol. The number of alkyl halides is 3. The van der Waals surface area contributed by atoms with Crippen LogP contribution in [0.15, 0.2) is 18.5 Å². The monoisotopic (exact) mass is 342 g/mol. The number of hydrogen-bond acceptors (Lipinski definition) is 4. The van der Waals surface area contributed by atoms with Crippen molar-refractivity contribution in [2.45, 2.75) is 45.1 Å². The molecule has 0 atom stereocenters. The molecule has 0 unspecified atom stereocenters. The van der Waals surface area contributed by atoms with Gasteiger partial charge in [0.2, 0.25) is 0 Å². The van der Waals surface area contributed by atoms with E-state index in [-0.39, 0.29) is 11.3 Å². The molecule has 2 aromatic heterocycles. The first-order valence-electron chi connectivity index (χ1n) is 7.44. The van der Waals surface area contributed by atoms with Crippen molar-refractivity contribution in [2.24, 2.45) is 0 Å². The molecular formula is C15H18BF3N2O3. The highest BCUT2D eigenvalue weighted by Gasteiger charge is 2.52. The number of fused-ring (bicyclic) bond motifs is 1. The van der Waals surface area contributed by atoms with Crippen LogP contribution in [0, 0.1) is 0 Å². The van der Waals surface area contributed by atoms with Gasteiger partial charge in [0.25, 0.3) is 0 Å².